The molecular formula is C19H14Cl2N4O2. The summed E-state index contributed by atoms with van der Waals surface area (Å²) in [5.74, 6) is 0.498. The van der Waals surface area contributed by atoms with E-state index in [1.165, 1.54) is 5.01 Å². The SMILES string of the molecule is O=C1CCC(c2nc(-c3c(Cl)cccc3Cl)no2)=NN1Cc1ccccc1. The van der Waals surface area contributed by atoms with E-state index in [0.717, 1.165) is 5.56 Å². The summed E-state index contributed by atoms with van der Waals surface area (Å²) < 4.78 is 5.36. The molecule has 0 radical (unpaired) electrons. The predicted molar refractivity (Wildman–Crippen MR) is 103 cm³/mol. The Kier molecular flexibility index (Phi) is 4.92. The Morgan fingerprint density at radius 3 is 2.48 bits per heavy atom. The Morgan fingerprint density at radius 2 is 1.74 bits per heavy atom. The maximum Gasteiger partial charge on any atom is 0.274 e. The molecule has 0 fully saturated rings. The molecule has 8 heteroatoms. The van der Waals surface area contributed by atoms with E-state index < -0.39 is 0 Å². The van der Waals surface area contributed by atoms with Crippen LogP contribution in [0.3, 0.4) is 0 Å². The normalized spacial score (nSPS) is 14.4. The first-order chi connectivity index (χ1) is 13.1. The highest BCUT2D eigenvalue weighted by molar-refractivity contribution is 6.38. The maximum absolute atomic E-state index is 12.2. The van der Waals surface area contributed by atoms with Crippen LogP contribution in [0.2, 0.25) is 10.0 Å². The lowest BCUT2D eigenvalue weighted by Gasteiger charge is -2.22. The lowest BCUT2D eigenvalue weighted by molar-refractivity contribution is -0.132. The molecule has 0 saturated heterocycles. The lowest BCUT2D eigenvalue weighted by atomic mass is 10.1. The van der Waals surface area contributed by atoms with Crippen molar-refractivity contribution < 1.29 is 9.32 Å². The van der Waals surface area contributed by atoms with Gasteiger partial charge in [-0.2, -0.15) is 10.1 Å². The van der Waals surface area contributed by atoms with Crippen LogP contribution in [-0.2, 0) is 11.3 Å². The molecule has 136 valence electrons. The number of hydrazone groups is 1. The van der Waals surface area contributed by atoms with Gasteiger partial charge in [-0.05, 0) is 17.7 Å². The smallest absolute Gasteiger partial charge is 0.274 e. The van der Waals surface area contributed by atoms with Crippen LogP contribution in [0.5, 0.6) is 0 Å². The van der Waals surface area contributed by atoms with Crippen molar-refractivity contribution in [2.24, 2.45) is 5.10 Å². The first-order valence-corrected chi connectivity index (χ1v) is 9.07. The van der Waals surface area contributed by atoms with Gasteiger partial charge in [-0.15, -0.1) is 0 Å². The summed E-state index contributed by atoms with van der Waals surface area (Å²) in [7, 11) is 0. The van der Waals surface area contributed by atoms with Gasteiger partial charge in [0.25, 0.3) is 5.89 Å². The van der Waals surface area contributed by atoms with Crippen molar-refractivity contribution >= 4 is 34.8 Å². The van der Waals surface area contributed by atoms with Crippen LogP contribution in [0.4, 0.5) is 0 Å². The van der Waals surface area contributed by atoms with Gasteiger partial charge < -0.3 is 4.52 Å². The third kappa shape index (κ3) is 3.72. The van der Waals surface area contributed by atoms with E-state index in [4.69, 9.17) is 27.7 Å². The van der Waals surface area contributed by atoms with E-state index >= 15 is 0 Å². The summed E-state index contributed by atoms with van der Waals surface area (Å²) in [6.45, 7) is 0.389. The van der Waals surface area contributed by atoms with Crippen molar-refractivity contribution in [1.29, 1.82) is 0 Å². The molecule has 1 amide bonds. The number of rotatable bonds is 4. The van der Waals surface area contributed by atoms with Crippen molar-refractivity contribution in [2.45, 2.75) is 19.4 Å². The predicted octanol–water partition coefficient (Wildman–Crippen LogP) is 4.57. The number of benzene rings is 2. The fraction of sp³-hybridized carbons (Fsp3) is 0.158. The Balaban J connectivity index is 1.62. The molecule has 0 unspecified atom stereocenters. The van der Waals surface area contributed by atoms with Gasteiger partial charge >= 0.3 is 0 Å². The van der Waals surface area contributed by atoms with Crippen molar-refractivity contribution in [3.8, 4) is 11.4 Å². The molecular weight excluding hydrogens is 387 g/mol. The topological polar surface area (TPSA) is 71.6 Å². The van der Waals surface area contributed by atoms with Crippen molar-refractivity contribution in [2.75, 3.05) is 0 Å². The summed E-state index contributed by atoms with van der Waals surface area (Å²) in [6.07, 6.45) is 0.762. The summed E-state index contributed by atoms with van der Waals surface area (Å²) >= 11 is 12.4. The van der Waals surface area contributed by atoms with Gasteiger partial charge in [0.1, 0.15) is 5.71 Å². The Morgan fingerprint density at radius 1 is 1.00 bits per heavy atom. The standard InChI is InChI=1S/C19H14Cl2N4O2/c20-13-7-4-8-14(21)17(13)18-22-19(27-24-18)15-9-10-16(26)25(23-15)11-12-5-2-1-3-6-12/h1-8H,9-11H2. The van der Waals surface area contributed by atoms with E-state index in [0.29, 0.717) is 40.7 Å². The van der Waals surface area contributed by atoms with E-state index in [2.05, 4.69) is 15.2 Å². The van der Waals surface area contributed by atoms with Crippen LogP contribution in [-0.4, -0.2) is 26.8 Å². The molecule has 2 aromatic carbocycles. The minimum absolute atomic E-state index is 0.0449. The zero-order chi connectivity index (χ0) is 18.8. The Labute approximate surface area is 165 Å². The third-order valence-corrected chi connectivity index (χ3v) is 4.77. The third-order valence-electron chi connectivity index (χ3n) is 4.14. The average Bonchev–Trinajstić information content (AvgIpc) is 3.14. The van der Waals surface area contributed by atoms with Gasteiger partial charge in [0.05, 0.1) is 22.2 Å². The number of hydrogen-bond donors (Lipinski definition) is 0. The van der Waals surface area contributed by atoms with E-state index in [9.17, 15) is 4.79 Å². The number of hydrogen-bond acceptors (Lipinski definition) is 5. The van der Waals surface area contributed by atoms with E-state index in [1.54, 1.807) is 18.2 Å². The van der Waals surface area contributed by atoms with Crippen LogP contribution in [0.1, 0.15) is 24.3 Å². The van der Waals surface area contributed by atoms with E-state index in [-0.39, 0.29) is 17.6 Å². The summed E-state index contributed by atoms with van der Waals surface area (Å²) in [5, 5.41) is 10.7. The molecule has 4 rings (SSSR count). The van der Waals surface area contributed by atoms with Gasteiger partial charge in [0.2, 0.25) is 11.7 Å². The molecule has 0 bridgehead atoms. The minimum Gasteiger partial charge on any atom is -0.332 e. The molecule has 1 aliphatic rings. The summed E-state index contributed by atoms with van der Waals surface area (Å²) in [6, 6.07) is 14.8. The number of nitrogens with zero attached hydrogens (tertiary/aromatic N) is 4. The highest BCUT2D eigenvalue weighted by Gasteiger charge is 2.25. The second kappa shape index (κ2) is 7.50. The van der Waals surface area contributed by atoms with Crippen LogP contribution in [0.15, 0.2) is 58.2 Å². The number of aromatic nitrogens is 2. The fourth-order valence-electron chi connectivity index (χ4n) is 2.79. The summed E-state index contributed by atoms with van der Waals surface area (Å²) in [4.78, 5) is 16.6. The van der Waals surface area contributed by atoms with Gasteiger partial charge in [-0.3, -0.25) is 4.79 Å². The molecule has 0 N–H and O–H groups in total. The van der Waals surface area contributed by atoms with Crippen molar-refractivity contribution in [3.05, 3.63) is 70.0 Å². The van der Waals surface area contributed by atoms with E-state index in [1.807, 2.05) is 30.3 Å². The van der Waals surface area contributed by atoms with Crippen LogP contribution >= 0.6 is 23.2 Å². The summed E-state index contributed by atoms with van der Waals surface area (Å²) in [5.41, 5.74) is 2.06. The van der Waals surface area contributed by atoms with Crippen LogP contribution in [0.25, 0.3) is 11.4 Å². The number of amides is 1. The maximum atomic E-state index is 12.2. The molecule has 0 aliphatic carbocycles. The lowest BCUT2D eigenvalue weighted by Crippen LogP contribution is -2.31. The molecule has 27 heavy (non-hydrogen) atoms. The molecule has 0 atom stereocenters. The second-order valence-corrected chi connectivity index (χ2v) is 6.82. The molecule has 1 aliphatic heterocycles. The molecule has 1 aromatic heterocycles. The van der Waals surface area contributed by atoms with Crippen molar-refractivity contribution in [1.82, 2.24) is 15.1 Å². The fourth-order valence-corrected chi connectivity index (χ4v) is 3.36. The zero-order valence-corrected chi connectivity index (χ0v) is 15.6. The zero-order valence-electron chi connectivity index (χ0n) is 14.1. The highest BCUT2D eigenvalue weighted by atomic mass is 35.5. The molecule has 6 nitrogen and oxygen atoms in total. The second-order valence-electron chi connectivity index (χ2n) is 6.00. The number of halogens is 2. The van der Waals surface area contributed by atoms with Gasteiger partial charge in [0.15, 0.2) is 0 Å². The quantitative estimate of drug-likeness (QED) is 0.642. The first-order valence-electron chi connectivity index (χ1n) is 8.32. The first kappa shape index (κ1) is 17.7. The van der Waals surface area contributed by atoms with Gasteiger partial charge in [-0.25, -0.2) is 5.01 Å². The van der Waals surface area contributed by atoms with Crippen LogP contribution in [0, 0.1) is 0 Å². The molecule has 0 spiro atoms. The average molecular weight is 401 g/mol. The largest absolute Gasteiger partial charge is 0.332 e. The Bertz CT molecular complexity index is 997. The monoisotopic (exact) mass is 400 g/mol. The van der Waals surface area contributed by atoms with Crippen LogP contribution < -0.4 is 0 Å². The molecule has 0 saturated carbocycles. The highest BCUT2D eigenvalue weighted by Crippen LogP contribution is 2.32. The number of carbonyl (C=O) groups is 1. The van der Waals surface area contributed by atoms with Gasteiger partial charge in [-0.1, -0.05) is 64.8 Å². The molecule has 2 heterocycles. The molecule has 3 aromatic rings. The minimum atomic E-state index is -0.0449. The van der Waals surface area contributed by atoms with Gasteiger partial charge in [0, 0.05) is 12.8 Å². The van der Waals surface area contributed by atoms with Crippen molar-refractivity contribution in [3.63, 3.8) is 0 Å². The Hall–Kier alpha value is -2.70. The number of carbonyl (C=O) groups excluding carboxylic acids is 1.